The number of halogens is 1. The number of rotatable bonds is 3. The van der Waals surface area contributed by atoms with Crippen molar-refractivity contribution >= 4 is 23.2 Å². The van der Waals surface area contributed by atoms with Gasteiger partial charge in [-0.1, -0.05) is 24.3 Å². The molecule has 0 atom stereocenters. The van der Waals surface area contributed by atoms with Crippen LogP contribution in [0, 0.1) is 12.7 Å². The van der Waals surface area contributed by atoms with E-state index in [0.29, 0.717) is 30.2 Å². The Hall–Kier alpha value is -2.96. The number of hydrogen-bond acceptors (Lipinski definition) is 5. The van der Waals surface area contributed by atoms with E-state index >= 15 is 0 Å². The van der Waals surface area contributed by atoms with Crippen molar-refractivity contribution in [2.75, 3.05) is 6.73 Å². The van der Waals surface area contributed by atoms with Crippen LogP contribution >= 0.6 is 11.3 Å². The highest BCUT2D eigenvalue weighted by Crippen LogP contribution is 2.43. The van der Waals surface area contributed by atoms with Crippen LogP contribution in [0.3, 0.4) is 0 Å². The second-order valence-corrected chi connectivity index (χ2v) is 8.20. The summed E-state index contributed by atoms with van der Waals surface area (Å²) >= 11 is 1.71. The standard InChI is InChI=1S/C23H18FNO3S/c1-14-22-16(11-25(13-27-22)12-17-6-4-8-29-17)9-18-21(26)20(28-23(14)18)10-15-5-2-3-7-19(15)24/h2-10H,11-13H2,1H3/b20-10-. The highest BCUT2D eigenvalue weighted by molar-refractivity contribution is 7.09. The lowest BCUT2D eigenvalue weighted by Gasteiger charge is -2.30. The molecule has 0 fully saturated rings. The number of ketones is 1. The molecule has 6 heteroatoms. The maximum Gasteiger partial charge on any atom is 0.231 e. The van der Waals surface area contributed by atoms with E-state index in [2.05, 4.69) is 16.3 Å². The van der Waals surface area contributed by atoms with Gasteiger partial charge in [-0.2, -0.15) is 0 Å². The minimum atomic E-state index is -0.393. The van der Waals surface area contributed by atoms with Crippen LogP contribution in [0.2, 0.25) is 0 Å². The van der Waals surface area contributed by atoms with Crippen LogP contribution in [0.4, 0.5) is 4.39 Å². The predicted molar refractivity (Wildman–Crippen MR) is 110 cm³/mol. The van der Waals surface area contributed by atoms with Crippen LogP contribution in [0.25, 0.3) is 6.08 Å². The van der Waals surface area contributed by atoms with Crippen LogP contribution in [0.5, 0.6) is 11.5 Å². The SMILES string of the molecule is Cc1c2c(cc3c1O/C(=C\c1ccccc1F)C3=O)CN(Cc1cccs1)CO2. The van der Waals surface area contributed by atoms with Gasteiger partial charge in [-0.15, -0.1) is 11.3 Å². The van der Waals surface area contributed by atoms with Crippen LogP contribution in [-0.2, 0) is 13.1 Å². The number of fused-ring (bicyclic) bond motifs is 2. The van der Waals surface area contributed by atoms with Crippen LogP contribution in [0.15, 0.2) is 53.6 Å². The molecule has 2 aliphatic heterocycles. The number of benzene rings is 2. The molecule has 1 aromatic heterocycles. The molecule has 29 heavy (non-hydrogen) atoms. The van der Waals surface area contributed by atoms with Crippen LogP contribution < -0.4 is 9.47 Å². The number of allylic oxidation sites excluding steroid dienone is 1. The van der Waals surface area contributed by atoms with Crippen LogP contribution in [-0.4, -0.2) is 17.4 Å². The van der Waals surface area contributed by atoms with Crippen molar-refractivity contribution in [3.63, 3.8) is 0 Å². The average molecular weight is 407 g/mol. The van der Waals surface area contributed by atoms with Crippen molar-refractivity contribution in [1.29, 1.82) is 0 Å². The van der Waals surface area contributed by atoms with Gasteiger partial charge in [-0.05, 0) is 36.6 Å². The minimum absolute atomic E-state index is 0.131. The number of Topliss-reactive ketones (excluding diaryl/α,β-unsaturated/α-hetero) is 1. The first kappa shape index (κ1) is 18.1. The second kappa shape index (κ2) is 7.13. The summed E-state index contributed by atoms with van der Waals surface area (Å²) in [5.74, 6) is 0.778. The molecule has 0 amide bonds. The van der Waals surface area contributed by atoms with Crippen molar-refractivity contribution in [2.45, 2.75) is 20.0 Å². The highest BCUT2D eigenvalue weighted by atomic mass is 32.1. The zero-order valence-corrected chi connectivity index (χ0v) is 16.6. The zero-order chi connectivity index (χ0) is 20.0. The zero-order valence-electron chi connectivity index (χ0n) is 15.8. The third kappa shape index (κ3) is 3.24. The Kier molecular flexibility index (Phi) is 4.45. The Labute approximate surface area is 171 Å². The quantitative estimate of drug-likeness (QED) is 0.562. The van der Waals surface area contributed by atoms with E-state index in [1.54, 1.807) is 29.5 Å². The summed E-state index contributed by atoms with van der Waals surface area (Å²) < 4.78 is 25.8. The maximum atomic E-state index is 14.0. The van der Waals surface area contributed by atoms with E-state index in [9.17, 15) is 9.18 Å². The number of carbonyl (C=O) groups excluding carboxylic acids is 1. The molecule has 146 valence electrons. The van der Waals surface area contributed by atoms with Gasteiger partial charge < -0.3 is 9.47 Å². The smallest absolute Gasteiger partial charge is 0.231 e. The summed E-state index contributed by atoms with van der Waals surface area (Å²) in [7, 11) is 0. The normalized spacial score (nSPS) is 17.0. The van der Waals surface area contributed by atoms with Crippen molar-refractivity contribution in [2.24, 2.45) is 0 Å². The number of ether oxygens (including phenoxy) is 2. The molecule has 0 aliphatic carbocycles. The second-order valence-electron chi connectivity index (χ2n) is 7.17. The lowest BCUT2D eigenvalue weighted by Crippen LogP contribution is -2.31. The lowest BCUT2D eigenvalue weighted by atomic mass is 10.00. The summed E-state index contributed by atoms with van der Waals surface area (Å²) in [6.07, 6.45) is 1.46. The first-order chi connectivity index (χ1) is 14.1. The fourth-order valence-corrected chi connectivity index (χ4v) is 4.50. The Bertz CT molecular complexity index is 1140. The van der Waals surface area contributed by atoms with Crippen molar-refractivity contribution in [3.8, 4) is 11.5 Å². The summed E-state index contributed by atoms with van der Waals surface area (Å²) in [5.41, 5.74) is 2.60. The Morgan fingerprint density at radius 1 is 1.21 bits per heavy atom. The molecule has 0 unspecified atom stereocenters. The van der Waals surface area contributed by atoms with E-state index in [-0.39, 0.29) is 11.5 Å². The molecule has 0 N–H and O–H groups in total. The molecular weight excluding hydrogens is 389 g/mol. The van der Waals surface area contributed by atoms with E-state index < -0.39 is 5.82 Å². The van der Waals surface area contributed by atoms with Gasteiger partial charge in [0.2, 0.25) is 5.78 Å². The Morgan fingerprint density at radius 2 is 2.07 bits per heavy atom. The Morgan fingerprint density at radius 3 is 2.86 bits per heavy atom. The average Bonchev–Trinajstić information content (AvgIpc) is 3.33. The van der Waals surface area contributed by atoms with E-state index in [4.69, 9.17) is 9.47 Å². The van der Waals surface area contributed by atoms with Gasteiger partial charge in [-0.25, -0.2) is 4.39 Å². The van der Waals surface area contributed by atoms with Gasteiger partial charge in [0.05, 0.1) is 5.56 Å². The first-order valence-electron chi connectivity index (χ1n) is 9.33. The molecular formula is C23H18FNO3S. The molecule has 0 bridgehead atoms. The predicted octanol–water partition coefficient (Wildman–Crippen LogP) is 5.16. The first-order valence-corrected chi connectivity index (χ1v) is 10.2. The largest absolute Gasteiger partial charge is 0.477 e. The van der Waals surface area contributed by atoms with Crippen molar-refractivity contribution in [3.05, 3.63) is 86.6 Å². The summed E-state index contributed by atoms with van der Waals surface area (Å²) in [6, 6.07) is 12.3. The lowest BCUT2D eigenvalue weighted by molar-refractivity contribution is 0.0886. The fourth-order valence-electron chi connectivity index (χ4n) is 3.75. The van der Waals surface area contributed by atoms with Gasteiger partial charge in [0, 0.05) is 34.7 Å². The topological polar surface area (TPSA) is 38.8 Å². The summed E-state index contributed by atoms with van der Waals surface area (Å²) in [4.78, 5) is 16.4. The minimum Gasteiger partial charge on any atom is -0.477 e. The molecule has 0 radical (unpaired) electrons. The molecule has 3 aromatic rings. The van der Waals surface area contributed by atoms with Crippen molar-refractivity contribution < 1.29 is 18.7 Å². The summed E-state index contributed by atoms with van der Waals surface area (Å²) in [5, 5.41) is 2.06. The number of hydrogen-bond donors (Lipinski definition) is 0. The molecule has 2 aromatic carbocycles. The monoisotopic (exact) mass is 407 g/mol. The van der Waals surface area contributed by atoms with Gasteiger partial charge in [-0.3, -0.25) is 9.69 Å². The molecule has 0 saturated carbocycles. The van der Waals surface area contributed by atoms with Gasteiger partial charge in [0.25, 0.3) is 0 Å². The van der Waals surface area contributed by atoms with Crippen molar-refractivity contribution in [1.82, 2.24) is 4.90 Å². The molecule has 4 nitrogen and oxygen atoms in total. The number of carbonyl (C=O) groups is 1. The maximum absolute atomic E-state index is 14.0. The van der Waals surface area contributed by atoms with E-state index in [0.717, 1.165) is 23.4 Å². The number of nitrogens with zero attached hydrogens (tertiary/aromatic N) is 1. The molecule has 0 spiro atoms. The molecule has 5 rings (SSSR count). The van der Waals surface area contributed by atoms with Gasteiger partial charge in [0.1, 0.15) is 24.0 Å². The molecule has 3 heterocycles. The molecule has 0 saturated heterocycles. The van der Waals surface area contributed by atoms with E-state index in [1.807, 2.05) is 19.1 Å². The molecule has 2 aliphatic rings. The highest BCUT2D eigenvalue weighted by Gasteiger charge is 2.33. The van der Waals surface area contributed by atoms with Gasteiger partial charge in [0.15, 0.2) is 5.76 Å². The fraction of sp³-hybridized carbons (Fsp3) is 0.174. The third-order valence-electron chi connectivity index (χ3n) is 5.15. The summed E-state index contributed by atoms with van der Waals surface area (Å²) in [6.45, 7) is 3.87. The van der Waals surface area contributed by atoms with Crippen LogP contribution in [0.1, 0.15) is 31.9 Å². The third-order valence-corrected chi connectivity index (χ3v) is 6.01. The van der Waals surface area contributed by atoms with Gasteiger partial charge >= 0.3 is 0 Å². The Balaban J connectivity index is 1.46. The van der Waals surface area contributed by atoms with E-state index in [1.165, 1.54) is 17.0 Å². The number of thiophene rings is 1.